The smallest absolute Gasteiger partial charge is 0.335 e. The lowest BCUT2D eigenvalue weighted by atomic mass is 9.88. The minimum absolute atomic E-state index is 0.398. The first-order valence-electron chi connectivity index (χ1n) is 6.08. The number of hydrogen-bond donors (Lipinski definition) is 1. The number of aryl methyl sites for hydroxylation is 1. The van der Waals surface area contributed by atoms with E-state index in [4.69, 9.17) is 5.11 Å². The van der Waals surface area contributed by atoms with E-state index in [9.17, 15) is 4.79 Å². The Balaban J connectivity index is 2.10. The quantitative estimate of drug-likeness (QED) is 0.872. The van der Waals surface area contributed by atoms with Gasteiger partial charge in [0.05, 0.1) is 5.56 Å². The summed E-state index contributed by atoms with van der Waals surface area (Å²) in [6, 6.07) is 5.59. The summed E-state index contributed by atoms with van der Waals surface area (Å²) in [5, 5.41) is 8.97. The first kappa shape index (κ1) is 12.0. The summed E-state index contributed by atoms with van der Waals surface area (Å²) >= 11 is 0. The van der Waals surface area contributed by atoms with Crippen molar-refractivity contribution in [3.05, 3.63) is 29.3 Å². The van der Waals surface area contributed by atoms with Crippen molar-refractivity contribution in [2.45, 2.75) is 20.8 Å². The van der Waals surface area contributed by atoms with Gasteiger partial charge in [0.1, 0.15) is 0 Å². The first-order valence-corrected chi connectivity index (χ1v) is 6.08. The maximum atomic E-state index is 10.9. The van der Waals surface area contributed by atoms with Crippen molar-refractivity contribution >= 4 is 11.7 Å². The van der Waals surface area contributed by atoms with E-state index in [0.29, 0.717) is 5.56 Å². The molecule has 1 aliphatic heterocycles. The molecule has 0 spiro atoms. The standard InChI is InChI=1S/C14H19NO2/c1-9(2)11-7-15(8-11)12-4-5-13(14(16)17)10(3)6-12/h4-6,9,11H,7-8H2,1-3H3,(H,16,17). The average molecular weight is 233 g/mol. The van der Waals surface area contributed by atoms with Crippen molar-refractivity contribution in [3.8, 4) is 0 Å². The van der Waals surface area contributed by atoms with Crippen molar-refractivity contribution < 1.29 is 9.90 Å². The zero-order valence-corrected chi connectivity index (χ0v) is 10.6. The molecule has 0 saturated carbocycles. The van der Waals surface area contributed by atoms with Gasteiger partial charge >= 0.3 is 5.97 Å². The van der Waals surface area contributed by atoms with Crippen molar-refractivity contribution in [3.63, 3.8) is 0 Å². The second-order valence-electron chi connectivity index (χ2n) is 5.21. The van der Waals surface area contributed by atoms with E-state index in [1.54, 1.807) is 6.07 Å². The molecule has 0 aromatic heterocycles. The van der Waals surface area contributed by atoms with E-state index in [2.05, 4.69) is 18.7 Å². The third kappa shape index (κ3) is 2.28. The van der Waals surface area contributed by atoms with Gasteiger partial charge in [0.15, 0.2) is 0 Å². The van der Waals surface area contributed by atoms with Gasteiger partial charge in [-0.2, -0.15) is 0 Å². The van der Waals surface area contributed by atoms with Gasteiger partial charge in [-0.15, -0.1) is 0 Å². The molecule has 1 aromatic carbocycles. The second kappa shape index (κ2) is 4.40. The van der Waals surface area contributed by atoms with E-state index in [1.807, 2.05) is 19.1 Å². The fourth-order valence-corrected chi connectivity index (χ4v) is 2.23. The topological polar surface area (TPSA) is 40.5 Å². The lowest BCUT2D eigenvalue weighted by Gasteiger charge is -2.43. The molecule has 1 saturated heterocycles. The summed E-state index contributed by atoms with van der Waals surface area (Å²) in [6.45, 7) is 8.53. The second-order valence-corrected chi connectivity index (χ2v) is 5.21. The lowest BCUT2D eigenvalue weighted by molar-refractivity contribution is 0.0696. The van der Waals surface area contributed by atoms with Crippen LogP contribution in [0.5, 0.6) is 0 Å². The minimum atomic E-state index is -0.849. The van der Waals surface area contributed by atoms with Crippen LogP contribution in [0.15, 0.2) is 18.2 Å². The predicted molar refractivity (Wildman–Crippen MR) is 68.7 cm³/mol. The molecule has 0 unspecified atom stereocenters. The number of carboxylic acid groups (broad SMARTS) is 1. The van der Waals surface area contributed by atoms with Gasteiger partial charge < -0.3 is 10.0 Å². The van der Waals surface area contributed by atoms with Crippen molar-refractivity contribution in [2.75, 3.05) is 18.0 Å². The van der Waals surface area contributed by atoms with Gasteiger partial charge in [-0.1, -0.05) is 13.8 Å². The van der Waals surface area contributed by atoms with Gasteiger partial charge in [-0.3, -0.25) is 0 Å². The number of rotatable bonds is 3. The Labute approximate surface area is 102 Å². The minimum Gasteiger partial charge on any atom is -0.478 e. The molecule has 92 valence electrons. The maximum absolute atomic E-state index is 10.9. The maximum Gasteiger partial charge on any atom is 0.335 e. The Bertz CT molecular complexity index is 434. The van der Waals surface area contributed by atoms with Crippen LogP contribution < -0.4 is 4.90 Å². The van der Waals surface area contributed by atoms with Crippen LogP contribution in [0.3, 0.4) is 0 Å². The zero-order chi connectivity index (χ0) is 12.6. The highest BCUT2D eigenvalue weighted by atomic mass is 16.4. The molecule has 1 aromatic rings. The molecular formula is C14H19NO2. The van der Waals surface area contributed by atoms with Crippen LogP contribution in [-0.4, -0.2) is 24.2 Å². The van der Waals surface area contributed by atoms with E-state index in [-0.39, 0.29) is 0 Å². The van der Waals surface area contributed by atoms with Crippen molar-refractivity contribution in [2.24, 2.45) is 11.8 Å². The van der Waals surface area contributed by atoms with Crippen LogP contribution in [-0.2, 0) is 0 Å². The molecule has 1 N–H and O–H groups in total. The first-order chi connectivity index (χ1) is 7.99. The number of benzene rings is 1. The van der Waals surface area contributed by atoms with Crippen LogP contribution >= 0.6 is 0 Å². The van der Waals surface area contributed by atoms with E-state index in [1.165, 1.54) is 0 Å². The number of aromatic carboxylic acids is 1. The van der Waals surface area contributed by atoms with Gasteiger partial charge in [-0.05, 0) is 42.5 Å². The van der Waals surface area contributed by atoms with E-state index < -0.39 is 5.97 Å². The largest absolute Gasteiger partial charge is 0.478 e. The molecule has 2 rings (SSSR count). The summed E-state index contributed by atoms with van der Waals surface area (Å²) in [4.78, 5) is 13.2. The summed E-state index contributed by atoms with van der Waals surface area (Å²) in [6.07, 6.45) is 0. The molecule has 0 radical (unpaired) electrons. The van der Waals surface area contributed by atoms with E-state index >= 15 is 0 Å². The van der Waals surface area contributed by atoms with Crippen molar-refractivity contribution in [1.29, 1.82) is 0 Å². The Hall–Kier alpha value is -1.51. The summed E-state index contributed by atoms with van der Waals surface area (Å²) in [7, 11) is 0. The average Bonchev–Trinajstić information content (AvgIpc) is 2.13. The summed E-state index contributed by atoms with van der Waals surface area (Å²) in [5.74, 6) is 0.651. The number of carboxylic acids is 1. The predicted octanol–water partition coefficient (Wildman–Crippen LogP) is 2.79. The third-order valence-corrected chi connectivity index (χ3v) is 3.66. The molecule has 0 bridgehead atoms. The molecule has 0 amide bonds. The molecule has 0 aliphatic carbocycles. The van der Waals surface area contributed by atoms with Crippen LogP contribution in [0.25, 0.3) is 0 Å². The van der Waals surface area contributed by atoms with E-state index in [0.717, 1.165) is 36.2 Å². The highest BCUT2D eigenvalue weighted by Gasteiger charge is 2.29. The van der Waals surface area contributed by atoms with Gasteiger partial charge in [0, 0.05) is 18.8 Å². The van der Waals surface area contributed by atoms with Crippen LogP contribution in [0.2, 0.25) is 0 Å². The van der Waals surface area contributed by atoms with Gasteiger partial charge in [-0.25, -0.2) is 4.79 Å². The Kier molecular flexibility index (Phi) is 3.09. The number of nitrogens with zero attached hydrogens (tertiary/aromatic N) is 1. The highest BCUT2D eigenvalue weighted by molar-refractivity contribution is 5.89. The summed E-state index contributed by atoms with van der Waals surface area (Å²) < 4.78 is 0. The highest BCUT2D eigenvalue weighted by Crippen LogP contribution is 2.30. The van der Waals surface area contributed by atoms with Crippen LogP contribution in [0, 0.1) is 18.8 Å². The van der Waals surface area contributed by atoms with Gasteiger partial charge in [0.25, 0.3) is 0 Å². The molecule has 3 heteroatoms. The van der Waals surface area contributed by atoms with Gasteiger partial charge in [0.2, 0.25) is 0 Å². The number of carbonyl (C=O) groups is 1. The van der Waals surface area contributed by atoms with Crippen LogP contribution in [0.1, 0.15) is 29.8 Å². The third-order valence-electron chi connectivity index (χ3n) is 3.66. The molecule has 0 atom stereocenters. The SMILES string of the molecule is Cc1cc(N2CC(C(C)C)C2)ccc1C(=O)O. The Morgan fingerprint density at radius 3 is 2.53 bits per heavy atom. The molecule has 1 heterocycles. The zero-order valence-electron chi connectivity index (χ0n) is 10.6. The summed E-state index contributed by atoms with van der Waals surface area (Å²) in [5.41, 5.74) is 2.38. The Morgan fingerprint density at radius 2 is 2.06 bits per heavy atom. The molecule has 17 heavy (non-hydrogen) atoms. The number of hydrogen-bond acceptors (Lipinski definition) is 2. The Morgan fingerprint density at radius 1 is 1.41 bits per heavy atom. The van der Waals surface area contributed by atoms with Crippen molar-refractivity contribution in [1.82, 2.24) is 0 Å². The molecular weight excluding hydrogens is 214 g/mol. The van der Waals surface area contributed by atoms with Crippen LogP contribution in [0.4, 0.5) is 5.69 Å². The molecule has 1 aliphatic rings. The fraction of sp³-hybridized carbons (Fsp3) is 0.500. The monoisotopic (exact) mass is 233 g/mol. The fourth-order valence-electron chi connectivity index (χ4n) is 2.23. The lowest BCUT2D eigenvalue weighted by Crippen LogP contribution is -2.49. The normalized spacial score (nSPS) is 16.1. The molecule has 3 nitrogen and oxygen atoms in total. The molecule has 1 fully saturated rings. The number of anilines is 1.